The molecule has 1 unspecified atom stereocenters. The summed E-state index contributed by atoms with van der Waals surface area (Å²) in [6.07, 6.45) is -0.225. The first kappa shape index (κ1) is 17.6. The number of methoxy groups -OCH3 is 1. The molecule has 6 nitrogen and oxygen atoms in total. The summed E-state index contributed by atoms with van der Waals surface area (Å²) >= 11 is 0. The molecular weight excluding hydrogens is 299 g/mol. The summed E-state index contributed by atoms with van der Waals surface area (Å²) < 4.78 is 17.1. The number of aliphatic carboxylic acids is 1. The Kier molecular flexibility index (Phi) is 4.64. The molecule has 23 heavy (non-hydrogen) atoms. The molecule has 2 rings (SSSR count). The summed E-state index contributed by atoms with van der Waals surface area (Å²) in [5.41, 5.74) is -0.725. The Balaban J connectivity index is 2.42. The van der Waals surface area contributed by atoms with Gasteiger partial charge in [0.05, 0.1) is 24.7 Å². The second-order valence-corrected chi connectivity index (χ2v) is 6.73. The van der Waals surface area contributed by atoms with E-state index in [0.717, 1.165) is 0 Å². The van der Waals surface area contributed by atoms with Gasteiger partial charge in [-0.2, -0.15) is 0 Å². The van der Waals surface area contributed by atoms with Crippen molar-refractivity contribution in [3.63, 3.8) is 0 Å². The summed E-state index contributed by atoms with van der Waals surface area (Å²) in [6.45, 7) is 7.60. The Morgan fingerprint density at radius 1 is 1.26 bits per heavy atom. The predicted molar refractivity (Wildman–Crippen MR) is 85.7 cm³/mol. The maximum Gasteiger partial charge on any atom is 0.466 e. The van der Waals surface area contributed by atoms with Crippen molar-refractivity contribution in [3.05, 3.63) is 23.8 Å². The summed E-state index contributed by atoms with van der Waals surface area (Å²) in [6, 6.07) is 4.98. The molecule has 0 saturated carbocycles. The van der Waals surface area contributed by atoms with E-state index in [0.29, 0.717) is 5.56 Å². The van der Waals surface area contributed by atoms with Gasteiger partial charge in [-0.05, 0) is 39.3 Å². The third-order valence-electron chi connectivity index (χ3n) is 4.64. The van der Waals surface area contributed by atoms with Crippen molar-refractivity contribution in [2.75, 3.05) is 7.11 Å². The van der Waals surface area contributed by atoms with Crippen LogP contribution in [0, 0.1) is 0 Å². The van der Waals surface area contributed by atoms with Gasteiger partial charge in [0, 0.05) is 5.82 Å². The molecule has 0 aliphatic carbocycles. The molecular formula is C16H23BO6. The van der Waals surface area contributed by atoms with Gasteiger partial charge in [0.25, 0.3) is 0 Å². The molecule has 2 N–H and O–H groups in total. The molecule has 1 atom stereocenters. The minimum absolute atomic E-state index is 0.0871. The van der Waals surface area contributed by atoms with Crippen LogP contribution in [0.3, 0.4) is 0 Å². The van der Waals surface area contributed by atoms with E-state index >= 15 is 0 Å². The lowest BCUT2D eigenvalue weighted by atomic mass is 9.66. The normalized spacial score (nSPS) is 20.3. The van der Waals surface area contributed by atoms with Gasteiger partial charge in [-0.1, -0.05) is 12.1 Å². The van der Waals surface area contributed by atoms with Crippen molar-refractivity contribution in [3.8, 4) is 11.5 Å². The lowest BCUT2D eigenvalue weighted by molar-refractivity contribution is -0.137. The van der Waals surface area contributed by atoms with Crippen LogP contribution >= 0.6 is 0 Å². The number of phenolic OH excluding ortho intramolecular Hbond substituents is 1. The number of carbonyl (C=O) groups is 1. The number of phenols is 1. The number of rotatable bonds is 5. The number of aromatic hydroxyl groups is 1. The van der Waals surface area contributed by atoms with E-state index in [9.17, 15) is 15.0 Å². The van der Waals surface area contributed by atoms with E-state index < -0.39 is 30.1 Å². The SMILES string of the molecule is COc1cccc(C(CC(=O)O)B2OC(C)(C)C(C)(C)O2)c1O. The first-order valence-electron chi connectivity index (χ1n) is 7.52. The number of para-hydroxylation sites is 1. The average molecular weight is 322 g/mol. The maximum absolute atomic E-state index is 11.3. The molecule has 1 aliphatic heterocycles. The van der Waals surface area contributed by atoms with Crippen LogP contribution < -0.4 is 4.74 Å². The van der Waals surface area contributed by atoms with Crippen molar-refractivity contribution in [2.24, 2.45) is 0 Å². The van der Waals surface area contributed by atoms with Gasteiger partial charge in [0.2, 0.25) is 0 Å². The zero-order valence-corrected chi connectivity index (χ0v) is 14.1. The summed E-state index contributed by atoms with van der Waals surface area (Å²) in [5.74, 6) is -1.44. The van der Waals surface area contributed by atoms with Crippen LogP contribution in [0.25, 0.3) is 0 Å². The first-order chi connectivity index (χ1) is 10.6. The number of carboxylic acid groups (broad SMARTS) is 1. The van der Waals surface area contributed by atoms with Crippen LogP contribution in [0.15, 0.2) is 18.2 Å². The standard InChI is InChI=1S/C16H23BO6/c1-15(2)16(3,4)23-17(22-15)11(9-13(18)19)10-7-6-8-12(21-5)14(10)20/h6-8,11,20H,9H2,1-5H3,(H,18,19). The van der Waals surface area contributed by atoms with Gasteiger partial charge < -0.3 is 24.3 Å². The van der Waals surface area contributed by atoms with Crippen LogP contribution in [-0.4, -0.2) is 41.6 Å². The smallest absolute Gasteiger partial charge is 0.466 e. The van der Waals surface area contributed by atoms with Crippen molar-refractivity contribution < 1.29 is 29.1 Å². The Bertz CT molecular complexity index is 582. The van der Waals surface area contributed by atoms with Crippen LogP contribution in [0.1, 0.15) is 45.5 Å². The minimum Gasteiger partial charge on any atom is -0.504 e. The van der Waals surface area contributed by atoms with Crippen molar-refractivity contribution in [1.29, 1.82) is 0 Å². The van der Waals surface area contributed by atoms with Gasteiger partial charge in [-0.15, -0.1) is 0 Å². The van der Waals surface area contributed by atoms with Crippen molar-refractivity contribution in [1.82, 2.24) is 0 Å². The van der Waals surface area contributed by atoms with Crippen molar-refractivity contribution >= 4 is 13.1 Å². The highest BCUT2D eigenvalue weighted by Crippen LogP contribution is 2.44. The highest BCUT2D eigenvalue weighted by atomic mass is 16.7. The van der Waals surface area contributed by atoms with Gasteiger partial charge in [0.1, 0.15) is 0 Å². The lowest BCUT2D eigenvalue weighted by Gasteiger charge is -2.32. The molecule has 1 aliphatic rings. The van der Waals surface area contributed by atoms with Gasteiger partial charge >= 0.3 is 13.1 Å². The fourth-order valence-corrected chi connectivity index (χ4v) is 2.60. The Morgan fingerprint density at radius 2 is 1.83 bits per heavy atom. The highest BCUT2D eigenvalue weighted by Gasteiger charge is 2.54. The van der Waals surface area contributed by atoms with Crippen molar-refractivity contribution in [2.45, 2.75) is 51.1 Å². The fourth-order valence-electron chi connectivity index (χ4n) is 2.60. The summed E-state index contributed by atoms with van der Waals surface area (Å²) in [5, 5.41) is 19.6. The summed E-state index contributed by atoms with van der Waals surface area (Å²) in [4.78, 5) is 11.3. The van der Waals surface area contributed by atoms with Gasteiger partial charge in [0.15, 0.2) is 11.5 Å². The number of hydrogen-bond acceptors (Lipinski definition) is 5. The molecule has 1 saturated heterocycles. The maximum atomic E-state index is 11.3. The summed E-state index contributed by atoms with van der Waals surface area (Å²) in [7, 11) is 0.675. The third-order valence-corrected chi connectivity index (χ3v) is 4.64. The molecule has 1 fully saturated rings. The molecule has 0 radical (unpaired) electrons. The molecule has 0 aromatic heterocycles. The average Bonchev–Trinajstić information content (AvgIpc) is 2.65. The number of benzene rings is 1. The van der Waals surface area contributed by atoms with Crippen LogP contribution in [0.2, 0.25) is 0 Å². The molecule has 0 spiro atoms. The van der Waals surface area contributed by atoms with E-state index in [1.54, 1.807) is 18.2 Å². The van der Waals surface area contributed by atoms with Crippen LogP contribution in [-0.2, 0) is 14.1 Å². The van der Waals surface area contributed by atoms with Gasteiger partial charge in [-0.3, -0.25) is 4.79 Å². The Hall–Kier alpha value is -1.73. The first-order valence-corrected chi connectivity index (χ1v) is 7.52. The Morgan fingerprint density at radius 3 is 2.30 bits per heavy atom. The van der Waals surface area contributed by atoms with E-state index in [1.165, 1.54) is 7.11 Å². The number of ether oxygens (including phenoxy) is 1. The second-order valence-electron chi connectivity index (χ2n) is 6.73. The number of carboxylic acids is 1. The van der Waals surface area contributed by atoms with E-state index in [2.05, 4.69) is 0 Å². The largest absolute Gasteiger partial charge is 0.504 e. The molecule has 1 aromatic carbocycles. The molecule has 7 heteroatoms. The van der Waals surface area contributed by atoms with E-state index in [4.69, 9.17) is 14.0 Å². The fraction of sp³-hybridized carbons (Fsp3) is 0.562. The minimum atomic E-state index is -0.994. The zero-order chi connectivity index (χ0) is 17.4. The quantitative estimate of drug-likeness (QED) is 0.811. The molecule has 0 amide bonds. The highest BCUT2D eigenvalue weighted by molar-refractivity contribution is 6.48. The molecule has 1 aromatic rings. The lowest BCUT2D eigenvalue weighted by Crippen LogP contribution is -2.41. The zero-order valence-electron chi connectivity index (χ0n) is 14.1. The second kappa shape index (κ2) is 6.05. The molecule has 0 bridgehead atoms. The van der Waals surface area contributed by atoms with E-state index in [1.807, 2.05) is 27.7 Å². The number of hydrogen-bond donors (Lipinski definition) is 2. The predicted octanol–water partition coefficient (Wildman–Crippen LogP) is 2.59. The van der Waals surface area contributed by atoms with E-state index in [-0.39, 0.29) is 17.9 Å². The Labute approximate surface area is 136 Å². The molecule has 1 heterocycles. The monoisotopic (exact) mass is 322 g/mol. The van der Waals surface area contributed by atoms with Gasteiger partial charge in [-0.25, -0.2) is 0 Å². The van der Waals surface area contributed by atoms with Crippen LogP contribution in [0.4, 0.5) is 0 Å². The molecule has 126 valence electrons. The topological polar surface area (TPSA) is 85.2 Å². The van der Waals surface area contributed by atoms with Crippen LogP contribution in [0.5, 0.6) is 11.5 Å². The third kappa shape index (κ3) is 3.30.